The van der Waals surface area contributed by atoms with Crippen LogP contribution in [0.2, 0.25) is 0 Å². The molecule has 1 N–H and O–H groups in total. The molecule has 0 aliphatic heterocycles. The molecule has 2 amide bonds. The Morgan fingerprint density at radius 3 is 2.11 bits per heavy atom. The van der Waals surface area contributed by atoms with E-state index in [0.717, 1.165) is 23.3 Å². The van der Waals surface area contributed by atoms with Gasteiger partial charge in [0.25, 0.3) is 5.91 Å². The van der Waals surface area contributed by atoms with E-state index in [1.165, 1.54) is 13.0 Å². The van der Waals surface area contributed by atoms with Crippen molar-refractivity contribution in [1.82, 2.24) is 4.90 Å². The summed E-state index contributed by atoms with van der Waals surface area (Å²) in [4.78, 5) is 27.2. The summed E-state index contributed by atoms with van der Waals surface area (Å²) in [5.74, 6) is -0.596. The number of aryl methyl sites for hydroxylation is 1. The number of anilines is 1. The average molecular weight is 511 g/mol. The van der Waals surface area contributed by atoms with Crippen molar-refractivity contribution in [2.45, 2.75) is 59.2 Å². The predicted molar refractivity (Wildman–Crippen MR) is 141 cm³/mol. The highest BCUT2D eigenvalue weighted by Crippen LogP contribution is 2.30. The lowest BCUT2D eigenvalue weighted by Crippen LogP contribution is -2.34. The highest BCUT2D eigenvalue weighted by molar-refractivity contribution is 6.04. The van der Waals surface area contributed by atoms with Gasteiger partial charge in [-0.1, -0.05) is 75.4 Å². The van der Waals surface area contributed by atoms with Crippen molar-refractivity contribution in [3.63, 3.8) is 0 Å². The maximum Gasteiger partial charge on any atom is 0.416 e. The molecule has 0 unspecified atom stereocenters. The van der Waals surface area contributed by atoms with Crippen LogP contribution in [0.5, 0.6) is 0 Å². The fourth-order valence-electron chi connectivity index (χ4n) is 4.15. The van der Waals surface area contributed by atoms with Crippen molar-refractivity contribution in [3.8, 4) is 0 Å². The number of carbonyl (C=O) groups is 2. The van der Waals surface area contributed by atoms with Gasteiger partial charge in [-0.2, -0.15) is 13.2 Å². The second-order valence-corrected chi connectivity index (χ2v) is 10.3. The number of halogens is 3. The summed E-state index contributed by atoms with van der Waals surface area (Å²) in [6.07, 6.45) is -4.19. The van der Waals surface area contributed by atoms with Gasteiger partial charge >= 0.3 is 6.18 Å². The number of nitrogens with one attached hydrogen (secondary N) is 1. The van der Waals surface area contributed by atoms with Crippen molar-refractivity contribution in [2.75, 3.05) is 11.9 Å². The molecule has 0 aliphatic carbocycles. The lowest BCUT2D eigenvalue weighted by atomic mass is 9.87. The van der Waals surface area contributed by atoms with Crippen molar-refractivity contribution >= 4 is 17.5 Å². The van der Waals surface area contributed by atoms with Crippen LogP contribution in [0.3, 0.4) is 0 Å². The Morgan fingerprint density at radius 1 is 0.865 bits per heavy atom. The molecule has 0 saturated carbocycles. The Hall–Kier alpha value is -3.61. The van der Waals surface area contributed by atoms with Crippen molar-refractivity contribution in [3.05, 3.63) is 100 Å². The van der Waals surface area contributed by atoms with Crippen molar-refractivity contribution < 1.29 is 22.8 Å². The van der Waals surface area contributed by atoms with Crippen LogP contribution in [0.4, 0.5) is 18.9 Å². The minimum absolute atomic E-state index is 0.0219. The summed E-state index contributed by atoms with van der Waals surface area (Å²) in [6.45, 7) is 10.0. The third-order valence-electron chi connectivity index (χ3n) is 6.20. The van der Waals surface area contributed by atoms with Crippen molar-refractivity contribution in [1.29, 1.82) is 0 Å². The molecule has 0 radical (unpaired) electrons. The molecule has 0 aliphatic rings. The van der Waals surface area contributed by atoms with E-state index in [0.29, 0.717) is 22.4 Å². The Labute approximate surface area is 216 Å². The molecule has 7 heteroatoms. The Kier molecular flexibility index (Phi) is 8.46. The molecule has 4 nitrogen and oxygen atoms in total. The number of hydrogen-bond acceptors (Lipinski definition) is 2. The minimum Gasteiger partial charge on any atom is -0.334 e. The molecule has 37 heavy (non-hydrogen) atoms. The summed E-state index contributed by atoms with van der Waals surface area (Å²) in [5.41, 5.74) is 3.28. The van der Waals surface area contributed by atoms with Crippen molar-refractivity contribution in [2.24, 2.45) is 0 Å². The topological polar surface area (TPSA) is 49.4 Å². The van der Waals surface area contributed by atoms with E-state index in [4.69, 9.17) is 0 Å². The Bertz CT molecular complexity index is 1260. The van der Waals surface area contributed by atoms with E-state index in [1.54, 1.807) is 36.1 Å². The van der Waals surface area contributed by atoms with Crippen LogP contribution in [-0.2, 0) is 29.4 Å². The minimum atomic E-state index is -4.44. The Morgan fingerprint density at radius 2 is 1.51 bits per heavy atom. The lowest BCUT2D eigenvalue weighted by molar-refractivity contribution is -0.137. The lowest BCUT2D eigenvalue weighted by Gasteiger charge is -2.26. The van der Waals surface area contributed by atoms with Crippen LogP contribution < -0.4 is 5.32 Å². The van der Waals surface area contributed by atoms with Crippen LogP contribution in [0, 0.1) is 6.92 Å². The summed E-state index contributed by atoms with van der Waals surface area (Å²) in [7, 11) is 0. The number of hydrogen-bond donors (Lipinski definition) is 1. The largest absolute Gasteiger partial charge is 0.416 e. The van der Waals surface area contributed by atoms with Gasteiger partial charge in [0.05, 0.1) is 16.8 Å². The molecule has 0 bridgehead atoms. The molecule has 0 spiro atoms. The van der Waals surface area contributed by atoms with Gasteiger partial charge in [0.15, 0.2) is 0 Å². The van der Waals surface area contributed by atoms with E-state index in [-0.39, 0.29) is 36.7 Å². The first kappa shape index (κ1) is 28.0. The quantitative estimate of drug-likeness (QED) is 0.367. The van der Waals surface area contributed by atoms with Crippen LogP contribution in [0.15, 0.2) is 66.7 Å². The number of amides is 2. The average Bonchev–Trinajstić information content (AvgIpc) is 2.80. The predicted octanol–water partition coefficient (Wildman–Crippen LogP) is 7.15. The molecular formula is C30H33F3N2O2. The van der Waals surface area contributed by atoms with Gasteiger partial charge < -0.3 is 10.2 Å². The van der Waals surface area contributed by atoms with E-state index < -0.39 is 11.7 Å². The van der Waals surface area contributed by atoms with Crippen LogP contribution >= 0.6 is 0 Å². The molecule has 3 rings (SSSR count). The fraction of sp³-hybridized carbons (Fsp3) is 0.333. The van der Waals surface area contributed by atoms with E-state index in [1.807, 2.05) is 24.3 Å². The number of rotatable bonds is 7. The molecule has 196 valence electrons. The van der Waals surface area contributed by atoms with Gasteiger partial charge in [-0.25, -0.2) is 0 Å². The molecule has 3 aromatic rings. The van der Waals surface area contributed by atoms with Crippen LogP contribution in [0.25, 0.3) is 0 Å². The highest BCUT2D eigenvalue weighted by atomic mass is 19.4. The van der Waals surface area contributed by atoms with Gasteiger partial charge in [-0.3, -0.25) is 9.59 Å². The standard InChI is InChI=1S/C30H33F3N2O2/c1-20-8-6-11-26(34-21(2)36)27(20)28(37)35(19-23-12-14-24(15-13-23)29(3,4)5)17-16-22-9-7-10-25(18-22)30(31,32)33/h6-15,18H,16-17,19H2,1-5H3,(H,34,36). The van der Waals surface area contributed by atoms with Gasteiger partial charge in [-0.05, 0) is 53.1 Å². The maximum atomic E-state index is 13.8. The van der Waals surface area contributed by atoms with Gasteiger partial charge in [0.2, 0.25) is 5.91 Å². The zero-order valence-electron chi connectivity index (χ0n) is 21.9. The van der Waals surface area contributed by atoms with Gasteiger partial charge in [0, 0.05) is 20.0 Å². The summed E-state index contributed by atoms with van der Waals surface area (Å²) in [5, 5.41) is 2.72. The van der Waals surface area contributed by atoms with Crippen LogP contribution in [-0.4, -0.2) is 23.3 Å². The Balaban J connectivity index is 1.94. The smallest absolute Gasteiger partial charge is 0.334 e. The van der Waals surface area contributed by atoms with Gasteiger partial charge in [0.1, 0.15) is 0 Å². The molecule has 3 aromatic carbocycles. The number of carbonyl (C=O) groups excluding carboxylic acids is 2. The number of alkyl halides is 3. The summed E-state index contributed by atoms with van der Waals surface area (Å²) >= 11 is 0. The molecule has 0 saturated heterocycles. The fourth-order valence-corrected chi connectivity index (χ4v) is 4.15. The highest BCUT2D eigenvalue weighted by Gasteiger charge is 2.30. The first-order valence-corrected chi connectivity index (χ1v) is 12.2. The van der Waals surface area contributed by atoms with E-state index >= 15 is 0 Å². The summed E-state index contributed by atoms with van der Waals surface area (Å²) < 4.78 is 39.6. The summed E-state index contributed by atoms with van der Waals surface area (Å²) in [6, 6.07) is 18.4. The third kappa shape index (κ3) is 7.44. The first-order valence-electron chi connectivity index (χ1n) is 12.2. The zero-order valence-corrected chi connectivity index (χ0v) is 21.9. The first-order chi connectivity index (χ1) is 17.3. The third-order valence-corrected chi connectivity index (χ3v) is 6.20. The van der Waals surface area contributed by atoms with E-state index in [9.17, 15) is 22.8 Å². The maximum absolute atomic E-state index is 13.8. The molecule has 0 heterocycles. The number of benzene rings is 3. The number of nitrogens with zero attached hydrogens (tertiary/aromatic N) is 1. The van der Waals surface area contributed by atoms with Crippen LogP contribution in [0.1, 0.15) is 65.9 Å². The molecular weight excluding hydrogens is 477 g/mol. The molecule has 0 atom stereocenters. The normalized spacial score (nSPS) is 11.8. The van der Waals surface area contributed by atoms with Gasteiger partial charge in [-0.15, -0.1) is 0 Å². The molecule has 0 aromatic heterocycles. The molecule has 0 fully saturated rings. The SMILES string of the molecule is CC(=O)Nc1cccc(C)c1C(=O)N(CCc1cccc(C(F)(F)F)c1)Cc1ccc(C(C)(C)C)cc1. The zero-order chi connectivity index (χ0) is 27.4. The second kappa shape index (κ2) is 11.2. The second-order valence-electron chi connectivity index (χ2n) is 10.3. The van der Waals surface area contributed by atoms with E-state index in [2.05, 4.69) is 26.1 Å². The monoisotopic (exact) mass is 510 g/mol.